The summed E-state index contributed by atoms with van der Waals surface area (Å²) in [7, 11) is 0. The zero-order valence-corrected chi connectivity index (χ0v) is 20.6. The molecular formula is C28H25N3O4S. The van der Waals surface area contributed by atoms with E-state index in [4.69, 9.17) is 4.42 Å². The van der Waals surface area contributed by atoms with Crippen LogP contribution in [0.15, 0.2) is 70.1 Å². The Kier molecular flexibility index (Phi) is 6.77. The fourth-order valence-electron chi connectivity index (χ4n) is 4.52. The SMILES string of the molecule is Cc1c(-c2ccc(C=Nc3sc4c(c3C(=O)NCc3ccccc3)CCCC4)o2)cccc1[N+](=O)[O-]. The second-order valence-electron chi connectivity index (χ2n) is 8.73. The lowest BCUT2D eigenvalue weighted by Crippen LogP contribution is -2.24. The van der Waals surface area contributed by atoms with Crippen molar-refractivity contribution in [2.24, 2.45) is 4.99 Å². The first-order valence-electron chi connectivity index (χ1n) is 11.9. The molecule has 0 atom stereocenters. The number of carbonyl (C=O) groups excluding carboxylic acids is 1. The number of nitrogens with one attached hydrogen (secondary N) is 1. The number of hydrogen-bond acceptors (Lipinski definition) is 6. The van der Waals surface area contributed by atoms with Gasteiger partial charge in [-0.05, 0) is 55.9 Å². The van der Waals surface area contributed by atoms with Gasteiger partial charge in [0.1, 0.15) is 16.5 Å². The van der Waals surface area contributed by atoms with E-state index in [0.717, 1.165) is 36.8 Å². The van der Waals surface area contributed by atoms with Crippen molar-refractivity contribution in [2.75, 3.05) is 0 Å². The van der Waals surface area contributed by atoms with Crippen LogP contribution >= 0.6 is 11.3 Å². The van der Waals surface area contributed by atoms with Crippen LogP contribution in [0.1, 0.15) is 50.5 Å². The van der Waals surface area contributed by atoms with E-state index >= 15 is 0 Å². The molecule has 0 aliphatic heterocycles. The van der Waals surface area contributed by atoms with Gasteiger partial charge >= 0.3 is 0 Å². The topological polar surface area (TPSA) is 97.7 Å². The van der Waals surface area contributed by atoms with E-state index in [1.54, 1.807) is 48.7 Å². The van der Waals surface area contributed by atoms with Crippen molar-refractivity contribution >= 4 is 34.1 Å². The van der Waals surface area contributed by atoms with Gasteiger partial charge in [0.25, 0.3) is 11.6 Å². The minimum absolute atomic E-state index is 0.0504. The van der Waals surface area contributed by atoms with Gasteiger partial charge in [-0.1, -0.05) is 42.5 Å². The number of thiophene rings is 1. The number of fused-ring (bicyclic) bond motifs is 1. The number of nitro groups is 1. The van der Waals surface area contributed by atoms with E-state index in [1.807, 2.05) is 30.3 Å². The zero-order valence-electron chi connectivity index (χ0n) is 19.8. The number of benzene rings is 2. The third kappa shape index (κ3) is 4.85. The Morgan fingerprint density at radius 2 is 1.92 bits per heavy atom. The molecule has 5 rings (SSSR count). The summed E-state index contributed by atoms with van der Waals surface area (Å²) in [5.74, 6) is 0.930. The van der Waals surface area contributed by atoms with Crippen molar-refractivity contribution in [1.29, 1.82) is 0 Å². The molecular weight excluding hydrogens is 474 g/mol. The largest absolute Gasteiger partial charge is 0.455 e. The molecule has 2 aromatic carbocycles. The number of aliphatic imine (C=N–C) groups is 1. The number of nitro benzene ring substituents is 1. The maximum absolute atomic E-state index is 13.2. The first-order valence-corrected chi connectivity index (χ1v) is 12.7. The number of carbonyl (C=O) groups is 1. The van der Waals surface area contributed by atoms with Crippen LogP contribution < -0.4 is 5.32 Å². The molecule has 0 saturated carbocycles. The molecule has 0 unspecified atom stereocenters. The van der Waals surface area contributed by atoms with Crippen molar-refractivity contribution in [3.8, 4) is 11.3 Å². The molecule has 0 fully saturated rings. The molecule has 1 N–H and O–H groups in total. The Balaban J connectivity index is 1.41. The Morgan fingerprint density at radius 3 is 2.72 bits per heavy atom. The standard InChI is InChI=1S/C28H25N3O4S/c1-18-21(11-7-12-23(18)31(33)34)24-15-14-20(35-24)17-30-28-26(22-10-5-6-13-25(22)36-28)27(32)29-16-19-8-3-2-4-9-19/h2-4,7-9,11-12,14-15,17H,5-6,10,13,16H2,1H3,(H,29,32). The second-order valence-corrected chi connectivity index (χ2v) is 9.81. The van der Waals surface area contributed by atoms with Crippen molar-refractivity contribution in [3.05, 3.63) is 104 Å². The Morgan fingerprint density at radius 1 is 1.11 bits per heavy atom. The average Bonchev–Trinajstić information content (AvgIpc) is 3.51. The normalized spacial score (nSPS) is 13.0. The predicted octanol–water partition coefficient (Wildman–Crippen LogP) is 6.78. The summed E-state index contributed by atoms with van der Waals surface area (Å²) in [6, 6.07) is 18.3. The van der Waals surface area contributed by atoms with E-state index in [2.05, 4.69) is 10.3 Å². The minimum Gasteiger partial charge on any atom is -0.455 e. The predicted molar refractivity (Wildman–Crippen MR) is 141 cm³/mol. The highest BCUT2D eigenvalue weighted by Gasteiger charge is 2.25. The van der Waals surface area contributed by atoms with Crippen LogP contribution in [0.5, 0.6) is 0 Å². The number of rotatable bonds is 7. The van der Waals surface area contributed by atoms with E-state index < -0.39 is 4.92 Å². The van der Waals surface area contributed by atoms with E-state index in [1.165, 1.54) is 10.9 Å². The van der Waals surface area contributed by atoms with Gasteiger partial charge in [-0.25, -0.2) is 4.99 Å². The van der Waals surface area contributed by atoms with Crippen molar-refractivity contribution in [1.82, 2.24) is 5.32 Å². The van der Waals surface area contributed by atoms with Crippen molar-refractivity contribution in [2.45, 2.75) is 39.2 Å². The third-order valence-electron chi connectivity index (χ3n) is 6.38. The summed E-state index contributed by atoms with van der Waals surface area (Å²) < 4.78 is 5.95. The highest BCUT2D eigenvalue weighted by molar-refractivity contribution is 7.16. The van der Waals surface area contributed by atoms with Gasteiger partial charge in [-0.2, -0.15) is 0 Å². The van der Waals surface area contributed by atoms with Crippen LogP contribution in [0.25, 0.3) is 11.3 Å². The fraction of sp³-hybridized carbons (Fsp3) is 0.214. The van der Waals surface area contributed by atoms with Gasteiger partial charge in [0.2, 0.25) is 0 Å². The molecule has 1 aliphatic carbocycles. The lowest BCUT2D eigenvalue weighted by molar-refractivity contribution is -0.385. The molecule has 1 amide bonds. The summed E-state index contributed by atoms with van der Waals surface area (Å²) in [5, 5.41) is 15.0. The van der Waals surface area contributed by atoms with E-state index in [0.29, 0.717) is 39.8 Å². The van der Waals surface area contributed by atoms with Crippen molar-refractivity contribution in [3.63, 3.8) is 0 Å². The first-order chi connectivity index (χ1) is 17.5. The van der Waals surface area contributed by atoms with Crippen LogP contribution in [0, 0.1) is 17.0 Å². The lowest BCUT2D eigenvalue weighted by Gasteiger charge is -2.12. The quantitative estimate of drug-likeness (QED) is 0.172. The van der Waals surface area contributed by atoms with Crippen LogP contribution in [-0.2, 0) is 19.4 Å². The molecule has 2 heterocycles. The molecule has 0 bridgehead atoms. The van der Waals surface area contributed by atoms with Gasteiger partial charge in [0.05, 0.1) is 16.7 Å². The number of amides is 1. The Bertz CT molecular complexity index is 1450. The Hall–Kier alpha value is -4.04. The fourth-order valence-corrected chi connectivity index (χ4v) is 5.75. The van der Waals surface area contributed by atoms with E-state index in [-0.39, 0.29) is 11.6 Å². The highest BCUT2D eigenvalue weighted by atomic mass is 32.1. The molecule has 7 nitrogen and oxygen atoms in total. The lowest BCUT2D eigenvalue weighted by atomic mass is 9.95. The summed E-state index contributed by atoms with van der Waals surface area (Å²) in [6.07, 6.45) is 5.64. The Labute approximate surface area is 212 Å². The number of nitrogens with zero attached hydrogens (tertiary/aromatic N) is 2. The number of hydrogen-bond donors (Lipinski definition) is 1. The maximum Gasteiger partial charge on any atom is 0.273 e. The highest BCUT2D eigenvalue weighted by Crippen LogP contribution is 2.40. The summed E-state index contributed by atoms with van der Waals surface area (Å²) >= 11 is 1.57. The van der Waals surface area contributed by atoms with E-state index in [9.17, 15) is 14.9 Å². The van der Waals surface area contributed by atoms with Crippen LogP contribution in [0.4, 0.5) is 10.7 Å². The summed E-state index contributed by atoms with van der Waals surface area (Å²) in [4.78, 5) is 30.0. The number of furan rings is 1. The average molecular weight is 500 g/mol. The number of aryl methyl sites for hydroxylation is 1. The summed E-state index contributed by atoms with van der Waals surface area (Å²) in [5.41, 5.74) is 4.06. The third-order valence-corrected chi connectivity index (χ3v) is 7.58. The zero-order chi connectivity index (χ0) is 25.1. The monoisotopic (exact) mass is 499 g/mol. The van der Waals surface area contributed by atoms with Gasteiger partial charge in [-0.3, -0.25) is 14.9 Å². The van der Waals surface area contributed by atoms with Gasteiger partial charge in [0.15, 0.2) is 0 Å². The molecule has 36 heavy (non-hydrogen) atoms. The molecule has 0 radical (unpaired) electrons. The van der Waals surface area contributed by atoms with Crippen LogP contribution in [-0.4, -0.2) is 17.0 Å². The molecule has 4 aromatic rings. The second kappa shape index (κ2) is 10.3. The molecule has 1 aliphatic rings. The maximum atomic E-state index is 13.2. The molecule has 2 aromatic heterocycles. The van der Waals surface area contributed by atoms with Gasteiger partial charge in [0, 0.05) is 28.6 Å². The molecule has 0 spiro atoms. The van der Waals surface area contributed by atoms with Gasteiger partial charge < -0.3 is 9.73 Å². The van der Waals surface area contributed by atoms with Crippen molar-refractivity contribution < 1.29 is 14.1 Å². The van der Waals surface area contributed by atoms with Gasteiger partial charge in [-0.15, -0.1) is 11.3 Å². The van der Waals surface area contributed by atoms with Crippen LogP contribution in [0.3, 0.4) is 0 Å². The molecule has 8 heteroatoms. The van der Waals surface area contributed by atoms with Crippen LogP contribution in [0.2, 0.25) is 0 Å². The summed E-state index contributed by atoms with van der Waals surface area (Å²) in [6.45, 7) is 2.16. The molecule has 0 saturated heterocycles. The smallest absolute Gasteiger partial charge is 0.273 e. The molecule has 182 valence electrons. The minimum atomic E-state index is -0.396. The first kappa shape index (κ1) is 23.7.